The highest BCUT2D eigenvalue weighted by atomic mass is 32.2. The summed E-state index contributed by atoms with van der Waals surface area (Å²) in [6.07, 6.45) is 2.64. The van der Waals surface area contributed by atoms with Crippen LogP contribution in [0, 0.1) is 11.3 Å². The summed E-state index contributed by atoms with van der Waals surface area (Å²) < 4.78 is 26.6. The van der Waals surface area contributed by atoms with Gasteiger partial charge >= 0.3 is 0 Å². The SMILES string of the molecule is N#CCCNS(=O)(=O)c1ccc(C(=O)NCc2ccc(CN3CCCC3)cc2)cc1. The van der Waals surface area contributed by atoms with Crippen molar-refractivity contribution in [3.05, 3.63) is 65.2 Å². The number of nitrogens with zero attached hydrogens (tertiary/aromatic N) is 2. The highest BCUT2D eigenvalue weighted by Gasteiger charge is 2.15. The van der Waals surface area contributed by atoms with E-state index in [1.54, 1.807) is 0 Å². The minimum Gasteiger partial charge on any atom is -0.348 e. The van der Waals surface area contributed by atoms with E-state index in [0.717, 1.165) is 25.2 Å². The van der Waals surface area contributed by atoms with E-state index in [2.05, 4.69) is 27.1 Å². The first-order valence-electron chi connectivity index (χ1n) is 10.0. The molecule has 1 aliphatic rings. The lowest BCUT2D eigenvalue weighted by Gasteiger charge is -2.14. The Labute approximate surface area is 177 Å². The Kier molecular flexibility index (Phi) is 7.57. The fraction of sp³-hybridized carbons (Fsp3) is 0.364. The molecule has 0 saturated carbocycles. The number of nitriles is 1. The molecule has 1 saturated heterocycles. The van der Waals surface area contributed by atoms with Crippen molar-refractivity contribution in [2.45, 2.75) is 37.2 Å². The molecular weight excluding hydrogens is 400 g/mol. The maximum absolute atomic E-state index is 12.4. The van der Waals surface area contributed by atoms with Crippen molar-refractivity contribution in [3.63, 3.8) is 0 Å². The Morgan fingerprint density at radius 1 is 1.00 bits per heavy atom. The Bertz CT molecular complexity index is 990. The molecule has 0 unspecified atom stereocenters. The predicted molar refractivity (Wildman–Crippen MR) is 114 cm³/mol. The summed E-state index contributed by atoms with van der Waals surface area (Å²) in [5.74, 6) is -0.266. The highest BCUT2D eigenvalue weighted by Crippen LogP contribution is 2.14. The van der Waals surface area contributed by atoms with Gasteiger partial charge in [0.25, 0.3) is 5.91 Å². The molecule has 2 N–H and O–H groups in total. The normalized spacial score (nSPS) is 14.4. The maximum Gasteiger partial charge on any atom is 0.251 e. The highest BCUT2D eigenvalue weighted by molar-refractivity contribution is 7.89. The summed E-state index contributed by atoms with van der Waals surface area (Å²) in [5, 5.41) is 11.4. The molecule has 0 aliphatic carbocycles. The van der Waals surface area contributed by atoms with Crippen LogP contribution in [0.4, 0.5) is 0 Å². The Hall–Kier alpha value is -2.73. The lowest BCUT2D eigenvalue weighted by molar-refractivity contribution is 0.0951. The molecule has 0 bridgehead atoms. The molecule has 158 valence electrons. The fourth-order valence-corrected chi connectivity index (χ4v) is 4.39. The molecule has 7 nitrogen and oxygen atoms in total. The summed E-state index contributed by atoms with van der Waals surface area (Å²) in [6.45, 7) is 3.74. The van der Waals surface area contributed by atoms with Gasteiger partial charge in [-0.2, -0.15) is 5.26 Å². The van der Waals surface area contributed by atoms with Gasteiger partial charge in [0.05, 0.1) is 11.0 Å². The van der Waals surface area contributed by atoms with Gasteiger partial charge in [-0.05, 0) is 61.3 Å². The van der Waals surface area contributed by atoms with Gasteiger partial charge in [-0.1, -0.05) is 24.3 Å². The lowest BCUT2D eigenvalue weighted by Crippen LogP contribution is -2.25. The number of carbonyl (C=O) groups is 1. The van der Waals surface area contributed by atoms with Gasteiger partial charge in [0, 0.05) is 31.6 Å². The number of rotatable bonds is 9. The van der Waals surface area contributed by atoms with Crippen LogP contribution in [-0.2, 0) is 23.1 Å². The van der Waals surface area contributed by atoms with Crippen LogP contribution in [0.3, 0.4) is 0 Å². The van der Waals surface area contributed by atoms with Crippen LogP contribution in [0.5, 0.6) is 0 Å². The van der Waals surface area contributed by atoms with E-state index in [-0.39, 0.29) is 23.8 Å². The first-order valence-corrected chi connectivity index (χ1v) is 11.5. The smallest absolute Gasteiger partial charge is 0.251 e. The second-order valence-electron chi connectivity index (χ2n) is 7.31. The average molecular weight is 427 g/mol. The van der Waals surface area contributed by atoms with Gasteiger partial charge in [0.15, 0.2) is 0 Å². The maximum atomic E-state index is 12.4. The van der Waals surface area contributed by atoms with Gasteiger partial charge in [0.2, 0.25) is 10.0 Å². The van der Waals surface area contributed by atoms with Crippen LogP contribution in [0.2, 0.25) is 0 Å². The average Bonchev–Trinajstić information content (AvgIpc) is 3.26. The fourth-order valence-electron chi connectivity index (χ4n) is 3.36. The molecule has 1 heterocycles. The molecular formula is C22H26N4O3S. The molecule has 0 atom stereocenters. The number of amides is 1. The van der Waals surface area contributed by atoms with E-state index < -0.39 is 10.0 Å². The molecule has 1 aliphatic heterocycles. The molecule has 0 aromatic heterocycles. The van der Waals surface area contributed by atoms with Gasteiger partial charge in [-0.3, -0.25) is 9.69 Å². The third kappa shape index (κ3) is 6.13. The third-order valence-corrected chi connectivity index (χ3v) is 6.51. The first kappa shape index (κ1) is 22.0. The Balaban J connectivity index is 1.51. The summed E-state index contributed by atoms with van der Waals surface area (Å²) in [6, 6.07) is 15.8. The van der Waals surface area contributed by atoms with Crippen molar-refractivity contribution in [2.75, 3.05) is 19.6 Å². The molecule has 1 amide bonds. The molecule has 2 aromatic carbocycles. The van der Waals surface area contributed by atoms with Crippen LogP contribution in [-0.4, -0.2) is 38.9 Å². The summed E-state index contributed by atoms with van der Waals surface area (Å²) >= 11 is 0. The Morgan fingerprint density at radius 2 is 1.63 bits per heavy atom. The van der Waals surface area contributed by atoms with Crippen LogP contribution in [0.15, 0.2) is 53.4 Å². The van der Waals surface area contributed by atoms with Crippen molar-refractivity contribution < 1.29 is 13.2 Å². The first-order chi connectivity index (χ1) is 14.5. The minimum absolute atomic E-state index is 0.0535. The number of hydrogen-bond donors (Lipinski definition) is 2. The van der Waals surface area contributed by atoms with Crippen molar-refractivity contribution in [1.82, 2.24) is 14.9 Å². The lowest BCUT2D eigenvalue weighted by atomic mass is 10.1. The van der Waals surface area contributed by atoms with Crippen molar-refractivity contribution >= 4 is 15.9 Å². The number of carbonyl (C=O) groups excluding carboxylic acids is 1. The predicted octanol–water partition coefficient (Wildman–Crippen LogP) is 2.40. The molecule has 1 fully saturated rings. The van der Waals surface area contributed by atoms with Gasteiger partial charge in [-0.25, -0.2) is 13.1 Å². The molecule has 2 aromatic rings. The van der Waals surface area contributed by atoms with Gasteiger partial charge in [0.1, 0.15) is 0 Å². The standard InChI is InChI=1S/C22H26N4O3S/c23-12-3-13-25-30(28,29)21-10-8-20(9-11-21)22(27)24-16-18-4-6-19(7-5-18)17-26-14-1-2-15-26/h4-11,25H,1-3,13-17H2,(H,24,27). The number of nitrogens with one attached hydrogen (secondary N) is 2. The quantitative estimate of drug-likeness (QED) is 0.600. The van der Waals surface area contributed by atoms with Crippen LogP contribution < -0.4 is 10.0 Å². The minimum atomic E-state index is -3.68. The number of sulfonamides is 1. The van der Waals surface area contributed by atoms with E-state index in [1.165, 1.54) is 42.7 Å². The van der Waals surface area contributed by atoms with Crippen LogP contribution in [0.1, 0.15) is 40.7 Å². The van der Waals surface area contributed by atoms with E-state index in [4.69, 9.17) is 5.26 Å². The monoisotopic (exact) mass is 426 g/mol. The molecule has 3 rings (SSSR count). The summed E-state index contributed by atoms with van der Waals surface area (Å²) in [7, 11) is -3.68. The second kappa shape index (κ2) is 10.3. The molecule has 30 heavy (non-hydrogen) atoms. The second-order valence-corrected chi connectivity index (χ2v) is 9.08. The zero-order valence-corrected chi connectivity index (χ0v) is 17.6. The van der Waals surface area contributed by atoms with Crippen LogP contribution in [0.25, 0.3) is 0 Å². The Morgan fingerprint density at radius 3 is 2.27 bits per heavy atom. The third-order valence-electron chi connectivity index (χ3n) is 5.04. The van der Waals surface area contributed by atoms with E-state index >= 15 is 0 Å². The van der Waals surface area contributed by atoms with E-state index in [0.29, 0.717) is 12.1 Å². The zero-order valence-electron chi connectivity index (χ0n) is 16.8. The summed E-state index contributed by atoms with van der Waals surface area (Å²) in [5.41, 5.74) is 2.66. The van der Waals surface area contributed by atoms with E-state index in [1.807, 2.05) is 18.2 Å². The van der Waals surface area contributed by atoms with Gasteiger partial charge < -0.3 is 5.32 Å². The number of hydrogen-bond acceptors (Lipinski definition) is 5. The zero-order chi connectivity index (χ0) is 21.4. The van der Waals surface area contributed by atoms with Crippen LogP contribution >= 0.6 is 0 Å². The largest absolute Gasteiger partial charge is 0.348 e. The van der Waals surface area contributed by atoms with Crippen molar-refractivity contribution in [3.8, 4) is 6.07 Å². The van der Waals surface area contributed by atoms with Gasteiger partial charge in [-0.15, -0.1) is 0 Å². The molecule has 8 heteroatoms. The number of benzene rings is 2. The topological polar surface area (TPSA) is 102 Å². The van der Waals surface area contributed by atoms with E-state index in [9.17, 15) is 13.2 Å². The molecule has 0 spiro atoms. The number of likely N-dealkylation sites (tertiary alicyclic amines) is 1. The molecule has 0 radical (unpaired) electrons. The summed E-state index contributed by atoms with van der Waals surface area (Å²) in [4.78, 5) is 14.9. The van der Waals surface area contributed by atoms with Crippen molar-refractivity contribution in [2.24, 2.45) is 0 Å². The van der Waals surface area contributed by atoms with Crippen molar-refractivity contribution in [1.29, 1.82) is 5.26 Å².